The predicted octanol–water partition coefficient (Wildman–Crippen LogP) is 2.10. The second-order valence-electron chi connectivity index (χ2n) is 5.15. The Morgan fingerprint density at radius 3 is 2.81 bits per heavy atom. The van der Waals surface area contributed by atoms with Crippen LogP contribution in [0.4, 0.5) is 0 Å². The van der Waals surface area contributed by atoms with Gasteiger partial charge >= 0.3 is 11.6 Å². The Balaban J connectivity index is 2.21. The number of rotatable bonds is 5. The molecule has 0 unspecified atom stereocenters. The van der Waals surface area contributed by atoms with E-state index in [-0.39, 0.29) is 11.6 Å². The van der Waals surface area contributed by atoms with Gasteiger partial charge in [-0.1, -0.05) is 12.1 Å². The summed E-state index contributed by atoms with van der Waals surface area (Å²) in [5.74, 6) is -0.241. The van der Waals surface area contributed by atoms with Crippen LogP contribution in [0.3, 0.4) is 0 Å². The average molecular weight is 289 g/mol. The third kappa shape index (κ3) is 3.92. The zero-order valence-corrected chi connectivity index (χ0v) is 12.5. The van der Waals surface area contributed by atoms with Crippen molar-refractivity contribution in [2.24, 2.45) is 0 Å². The lowest BCUT2D eigenvalue weighted by molar-refractivity contribution is -0.140. The Labute approximate surface area is 123 Å². The first-order chi connectivity index (χ1) is 9.99. The zero-order chi connectivity index (χ0) is 15.4. The predicted molar refractivity (Wildman–Crippen MR) is 80.2 cm³/mol. The second-order valence-corrected chi connectivity index (χ2v) is 5.15. The minimum Gasteiger partial charge on any atom is -0.469 e. The van der Waals surface area contributed by atoms with Crippen LogP contribution in [-0.4, -0.2) is 31.6 Å². The first kappa shape index (κ1) is 15.3. The minimum atomic E-state index is -0.357. The number of fused-ring (bicyclic) bond motifs is 1. The van der Waals surface area contributed by atoms with E-state index in [0.717, 1.165) is 16.5 Å². The molecule has 0 fully saturated rings. The standard InChI is InChI=1S/C16H19NO4/c1-11-4-5-13-12(9-16(19)21-14(13)8-11)10-17(2)7-6-15(18)20-3/h4-5,8-9H,6-7,10H2,1-3H3. The smallest absolute Gasteiger partial charge is 0.336 e. The molecule has 0 aliphatic rings. The van der Waals surface area contributed by atoms with E-state index in [1.807, 2.05) is 37.1 Å². The van der Waals surface area contributed by atoms with Crippen molar-refractivity contribution in [2.45, 2.75) is 19.9 Å². The second kappa shape index (κ2) is 6.54. The monoisotopic (exact) mass is 289 g/mol. The van der Waals surface area contributed by atoms with E-state index in [4.69, 9.17) is 4.42 Å². The maximum Gasteiger partial charge on any atom is 0.336 e. The highest BCUT2D eigenvalue weighted by atomic mass is 16.5. The molecule has 5 heteroatoms. The number of esters is 1. The molecule has 112 valence electrons. The Kier molecular flexibility index (Phi) is 4.75. The molecule has 0 aliphatic heterocycles. The summed E-state index contributed by atoms with van der Waals surface area (Å²) in [6.45, 7) is 3.09. The first-order valence-electron chi connectivity index (χ1n) is 6.78. The highest BCUT2D eigenvalue weighted by Crippen LogP contribution is 2.19. The fourth-order valence-corrected chi connectivity index (χ4v) is 2.22. The van der Waals surface area contributed by atoms with Crippen LogP contribution in [-0.2, 0) is 16.1 Å². The maximum atomic E-state index is 11.7. The number of hydrogen-bond acceptors (Lipinski definition) is 5. The van der Waals surface area contributed by atoms with Gasteiger partial charge in [-0.2, -0.15) is 0 Å². The number of carbonyl (C=O) groups is 1. The molecule has 2 rings (SSSR count). The third-order valence-corrected chi connectivity index (χ3v) is 3.35. The number of nitrogens with zero attached hydrogens (tertiary/aromatic N) is 1. The minimum absolute atomic E-state index is 0.241. The van der Waals surface area contributed by atoms with Crippen molar-refractivity contribution in [3.8, 4) is 0 Å². The molecule has 0 saturated carbocycles. The Bertz CT molecular complexity index is 705. The van der Waals surface area contributed by atoms with Crippen LogP contribution >= 0.6 is 0 Å². The molecule has 0 N–H and O–H groups in total. The summed E-state index contributed by atoms with van der Waals surface area (Å²) in [6.07, 6.45) is 0.325. The lowest BCUT2D eigenvalue weighted by Crippen LogP contribution is -2.22. The normalized spacial score (nSPS) is 11.0. The van der Waals surface area contributed by atoms with Crippen LogP contribution in [0.1, 0.15) is 17.5 Å². The summed E-state index contributed by atoms with van der Waals surface area (Å²) < 4.78 is 9.85. The molecule has 2 aromatic rings. The van der Waals surface area contributed by atoms with Crippen molar-refractivity contribution in [2.75, 3.05) is 20.7 Å². The van der Waals surface area contributed by atoms with Gasteiger partial charge in [0.1, 0.15) is 5.58 Å². The molecule has 0 spiro atoms. The SMILES string of the molecule is COC(=O)CCN(C)Cc1cc(=O)oc2cc(C)ccc12. The van der Waals surface area contributed by atoms with Crippen molar-refractivity contribution in [3.63, 3.8) is 0 Å². The quantitative estimate of drug-likeness (QED) is 0.623. The fraction of sp³-hybridized carbons (Fsp3) is 0.375. The maximum absolute atomic E-state index is 11.7. The van der Waals surface area contributed by atoms with Gasteiger partial charge < -0.3 is 14.1 Å². The van der Waals surface area contributed by atoms with Gasteiger partial charge in [-0.05, 0) is 31.2 Å². The molecule has 0 bridgehead atoms. The number of benzene rings is 1. The van der Waals surface area contributed by atoms with Crippen molar-refractivity contribution in [1.82, 2.24) is 4.90 Å². The molecule has 1 heterocycles. The summed E-state index contributed by atoms with van der Waals surface area (Å²) in [6, 6.07) is 7.30. The summed E-state index contributed by atoms with van der Waals surface area (Å²) in [7, 11) is 3.28. The van der Waals surface area contributed by atoms with Crippen LogP contribution in [0, 0.1) is 6.92 Å². The van der Waals surface area contributed by atoms with E-state index in [1.54, 1.807) is 0 Å². The Hall–Kier alpha value is -2.14. The van der Waals surface area contributed by atoms with E-state index in [0.29, 0.717) is 25.1 Å². The summed E-state index contributed by atoms with van der Waals surface area (Å²) in [5, 5.41) is 0.921. The van der Waals surface area contributed by atoms with Crippen molar-refractivity contribution in [3.05, 3.63) is 45.8 Å². The number of carbonyl (C=O) groups excluding carboxylic acids is 1. The van der Waals surface area contributed by atoms with E-state index in [9.17, 15) is 9.59 Å². The Morgan fingerprint density at radius 1 is 1.33 bits per heavy atom. The number of hydrogen-bond donors (Lipinski definition) is 0. The molecule has 0 amide bonds. The zero-order valence-electron chi connectivity index (χ0n) is 12.5. The van der Waals surface area contributed by atoms with Crippen LogP contribution in [0.25, 0.3) is 11.0 Å². The Morgan fingerprint density at radius 2 is 2.10 bits per heavy atom. The summed E-state index contributed by atoms with van der Waals surface area (Å²) in [4.78, 5) is 24.8. The van der Waals surface area contributed by atoms with Gasteiger partial charge in [0.2, 0.25) is 0 Å². The number of ether oxygens (including phenoxy) is 1. The third-order valence-electron chi connectivity index (χ3n) is 3.35. The van der Waals surface area contributed by atoms with Gasteiger partial charge in [-0.3, -0.25) is 4.79 Å². The van der Waals surface area contributed by atoms with Gasteiger partial charge in [-0.15, -0.1) is 0 Å². The molecule has 0 aliphatic carbocycles. The van der Waals surface area contributed by atoms with Gasteiger partial charge in [0.05, 0.1) is 13.5 Å². The van der Waals surface area contributed by atoms with Crippen LogP contribution in [0.15, 0.2) is 33.5 Å². The highest BCUT2D eigenvalue weighted by molar-refractivity contribution is 5.80. The van der Waals surface area contributed by atoms with E-state index >= 15 is 0 Å². The summed E-state index contributed by atoms with van der Waals surface area (Å²) in [5.41, 5.74) is 2.18. The molecular formula is C16H19NO4. The van der Waals surface area contributed by atoms with Gasteiger partial charge in [-0.25, -0.2) is 4.79 Å². The molecular weight excluding hydrogens is 270 g/mol. The lowest BCUT2D eigenvalue weighted by Gasteiger charge is -2.16. The van der Waals surface area contributed by atoms with Crippen LogP contribution in [0.5, 0.6) is 0 Å². The van der Waals surface area contributed by atoms with Gasteiger partial charge in [0.25, 0.3) is 0 Å². The highest BCUT2D eigenvalue weighted by Gasteiger charge is 2.10. The number of methoxy groups -OCH3 is 1. The van der Waals surface area contributed by atoms with Crippen LogP contribution in [0.2, 0.25) is 0 Å². The molecule has 0 radical (unpaired) electrons. The molecule has 21 heavy (non-hydrogen) atoms. The molecule has 5 nitrogen and oxygen atoms in total. The van der Waals surface area contributed by atoms with Gasteiger partial charge in [0.15, 0.2) is 0 Å². The molecule has 0 saturated heterocycles. The van der Waals surface area contributed by atoms with Crippen molar-refractivity contribution in [1.29, 1.82) is 0 Å². The largest absolute Gasteiger partial charge is 0.469 e. The van der Waals surface area contributed by atoms with Crippen molar-refractivity contribution >= 4 is 16.9 Å². The molecule has 0 atom stereocenters. The van der Waals surface area contributed by atoms with Crippen LogP contribution < -0.4 is 5.63 Å². The van der Waals surface area contributed by atoms with E-state index in [2.05, 4.69) is 4.74 Å². The fourth-order valence-electron chi connectivity index (χ4n) is 2.22. The first-order valence-corrected chi connectivity index (χ1v) is 6.78. The topological polar surface area (TPSA) is 59.8 Å². The van der Waals surface area contributed by atoms with Crippen molar-refractivity contribution < 1.29 is 13.9 Å². The van der Waals surface area contributed by atoms with E-state index in [1.165, 1.54) is 13.2 Å². The van der Waals surface area contributed by atoms with E-state index < -0.39 is 0 Å². The summed E-state index contributed by atoms with van der Waals surface area (Å²) >= 11 is 0. The average Bonchev–Trinajstić information content (AvgIpc) is 2.43. The number of aryl methyl sites for hydroxylation is 1. The van der Waals surface area contributed by atoms with Gasteiger partial charge in [0, 0.05) is 24.5 Å². The molecule has 1 aromatic carbocycles. The molecule has 1 aromatic heterocycles. The lowest BCUT2D eigenvalue weighted by atomic mass is 10.1.